The van der Waals surface area contributed by atoms with Gasteiger partial charge in [-0.05, 0) is 65.6 Å². The van der Waals surface area contributed by atoms with Crippen LogP contribution >= 0.6 is 0 Å². The van der Waals surface area contributed by atoms with E-state index in [4.69, 9.17) is 0 Å². The molecule has 0 saturated heterocycles. The summed E-state index contributed by atoms with van der Waals surface area (Å²) in [5.41, 5.74) is 2.47. The molecule has 2 rings (SSSR count). The number of urea groups is 1. The van der Waals surface area contributed by atoms with Crippen LogP contribution in [0.5, 0.6) is 0 Å². The quantitative estimate of drug-likeness (QED) is 0.699. The standard InChI is InChI=1S/C20H33N3O/c1-16(2)22(4)13-6-5-12-21-20(24)23(19-10-11-19)15-18-9-7-8-17(3)14-18/h7-9,14,16,19H,5-6,10-13,15H2,1-4H3,(H,21,24). The van der Waals surface area contributed by atoms with Gasteiger partial charge >= 0.3 is 6.03 Å². The molecular formula is C20H33N3O. The van der Waals surface area contributed by atoms with E-state index >= 15 is 0 Å². The average molecular weight is 332 g/mol. The molecule has 1 aliphatic carbocycles. The van der Waals surface area contributed by atoms with Crippen LogP contribution in [0.15, 0.2) is 24.3 Å². The number of nitrogens with zero attached hydrogens (tertiary/aromatic N) is 2. The second-order valence-corrected chi connectivity index (χ2v) is 7.36. The Kier molecular flexibility index (Phi) is 7.10. The number of benzene rings is 1. The van der Waals surface area contributed by atoms with Gasteiger partial charge in [-0.1, -0.05) is 29.8 Å². The second-order valence-electron chi connectivity index (χ2n) is 7.36. The highest BCUT2D eigenvalue weighted by atomic mass is 16.2. The molecule has 0 radical (unpaired) electrons. The first-order valence-corrected chi connectivity index (χ1v) is 9.27. The number of amides is 2. The number of carbonyl (C=O) groups is 1. The lowest BCUT2D eigenvalue weighted by atomic mass is 10.1. The molecule has 1 saturated carbocycles. The molecule has 1 fully saturated rings. The zero-order chi connectivity index (χ0) is 17.5. The van der Waals surface area contributed by atoms with E-state index in [2.05, 4.69) is 62.3 Å². The van der Waals surface area contributed by atoms with E-state index in [-0.39, 0.29) is 6.03 Å². The van der Waals surface area contributed by atoms with Gasteiger partial charge in [-0.2, -0.15) is 0 Å². The maximum absolute atomic E-state index is 12.5. The van der Waals surface area contributed by atoms with E-state index in [1.54, 1.807) is 0 Å². The highest BCUT2D eigenvalue weighted by Crippen LogP contribution is 2.28. The molecule has 4 nitrogen and oxygen atoms in total. The number of rotatable bonds is 9. The number of aryl methyl sites for hydroxylation is 1. The van der Waals surface area contributed by atoms with Crippen molar-refractivity contribution in [2.45, 2.75) is 65.1 Å². The number of hydrogen-bond donors (Lipinski definition) is 1. The van der Waals surface area contributed by atoms with Crippen molar-refractivity contribution < 1.29 is 4.79 Å². The molecular weight excluding hydrogens is 298 g/mol. The van der Waals surface area contributed by atoms with Gasteiger partial charge in [0.15, 0.2) is 0 Å². The summed E-state index contributed by atoms with van der Waals surface area (Å²) in [5.74, 6) is 0. The molecule has 1 N–H and O–H groups in total. The highest BCUT2D eigenvalue weighted by molar-refractivity contribution is 5.74. The minimum Gasteiger partial charge on any atom is -0.338 e. The largest absolute Gasteiger partial charge is 0.338 e. The van der Waals surface area contributed by atoms with E-state index in [1.807, 2.05) is 4.90 Å². The third-order valence-corrected chi connectivity index (χ3v) is 4.78. The Morgan fingerprint density at radius 2 is 2.04 bits per heavy atom. The molecule has 0 aliphatic heterocycles. The average Bonchev–Trinajstić information content (AvgIpc) is 3.36. The van der Waals surface area contributed by atoms with Gasteiger partial charge in [-0.25, -0.2) is 4.79 Å². The van der Waals surface area contributed by atoms with Gasteiger partial charge in [0.2, 0.25) is 0 Å². The summed E-state index contributed by atoms with van der Waals surface area (Å²) in [7, 11) is 2.15. The highest BCUT2D eigenvalue weighted by Gasteiger charge is 2.32. The van der Waals surface area contributed by atoms with Gasteiger partial charge in [0.05, 0.1) is 0 Å². The van der Waals surface area contributed by atoms with Crippen molar-refractivity contribution in [1.82, 2.24) is 15.1 Å². The van der Waals surface area contributed by atoms with Crippen molar-refractivity contribution in [3.8, 4) is 0 Å². The Hall–Kier alpha value is -1.55. The van der Waals surface area contributed by atoms with Gasteiger partial charge in [-0.15, -0.1) is 0 Å². The van der Waals surface area contributed by atoms with Crippen LogP contribution in [-0.2, 0) is 6.54 Å². The van der Waals surface area contributed by atoms with E-state index < -0.39 is 0 Å². The molecule has 0 atom stereocenters. The Morgan fingerprint density at radius 1 is 1.29 bits per heavy atom. The summed E-state index contributed by atoms with van der Waals surface area (Å²) in [4.78, 5) is 16.9. The molecule has 1 aromatic rings. The summed E-state index contributed by atoms with van der Waals surface area (Å²) >= 11 is 0. The molecule has 0 aromatic heterocycles. The van der Waals surface area contributed by atoms with Crippen LogP contribution in [0, 0.1) is 6.92 Å². The third-order valence-electron chi connectivity index (χ3n) is 4.78. The Morgan fingerprint density at radius 3 is 2.67 bits per heavy atom. The Labute approximate surface area is 147 Å². The predicted molar refractivity (Wildman–Crippen MR) is 100 cm³/mol. The maximum atomic E-state index is 12.5. The van der Waals surface area contributed by atoms with Crippen molar-refractivity contribution in [1.29, 1.82) is 0 Å². The normalized spacial score (nSPS) is 14.2. The second kappa shape index (κ2) is 9.07. The monoisotopic (exact) mass is 331 g/mol. The van der Waals surface area contributed by atoms with Crippen LogP contribution in [0.4, 0.5) is 4.79 Å². The van der Waals surface area contributed by atoms with Crippen molar-refractivity contribution >= 4 is 6.03 Å². The summed E-state index contributed by atoms with van der Waals surface area (Å²) < 4.78 is 0. The first kappa shape index (κ1) is 18.8. The summed E-state index contributed by atoms with van der Waals surface area (Å²) in [6, 6.07) is 9.55. The van der Waals surface area contributed by atoms with Gasteiger partial charge < -0.3 is 15.1 Å². The number of nitrogens with one attached hydrogen (secondary N) is 1. The molecule has 0 spiro atoms. The molecule has 1 aromatic carbocycles. The molecule has 0 heterocycles. The first-order chi connectivity index (χ1) is 11.5. The topological polar surface area (TPSA) is 35.6 Å². The molecule has 0 bridgehead atoms. The van der Waals surface area contributed by atoms with Crippen LogP contribution in [0.1, 0.15) is 50.7 Å². The fraction of sp³-hybridized carbons (Fsp3) is 0.650. The smallest absolute Gasteiger partial charge is 0.317 e. The lowest BCUT2D eigenvalue weighted by molar-refractivity contribution is 0.191. The van der Waals surface area contributed by atoms with Crippen LogP contribution in [0.25, 0.3) is 0 Å². The SMILES string of the molecule is Cc1cccc(CN(C(=O)NCCCCN(C)C(C)C)C2CC2)c1. The fourth-order valence-electron chi connectivity index (χ4n) is 2.80. The number of hydrogen-bond acceptors (Lipinski definition) is 2. The van der Waals surface area contributed by atoms with Crippen LogP contribution in [-0.4, -0.2) is 48.1 Å². The summed E-state index contributed by atoms with van der Waals surface area (Å²) in [5, 5.41) is 3.11. The fourth-order valence-corrected chi connectivity index (χ4v) is 2.80. The zero-order valence-corrected chi connectivity index (χ0v) is 15.7. The predicted octanol–water partition coefficient (Wildman–Crippen LogP) is 3.79. The van der Waals surface area contributed by atoms with Crippen molar-refractivity contribution in [3.05, 3.63) is 35.4 Å². The van der Waals surface area contributed by atoms with Crippen LogP contribution in [0.2, 0.25) is 0 Å². The first-order valence-electron chi connectivity index (χ1n) is 9.27. The van der Waals surface area contributed by atoms with Gasteiger partial charge in [0, 0.05) is 25.2 Å². The summed E-state index contributed by atoms with van der Waals surface area (Å²) in [6.07, 6.45) is 4.43. The molecule has 1 aliphatic rings. The molecule has 2 amide bonds. The number of carbonyl (C=O) groups excluding carboxylic acids is 1. The maximum Gasteiger partial charge on any atom is 0.317 e. The Bertz CT molecular complexity index is 525. The zero-order valence-electron chi connectivity index (χ0n) is 15.7. The van der Waals surface area contributed by atoms with Crippen molar-refractivity contribution in [3.63, 3.8) is 0 Å². The number of unbranched alkanes of at least 4 members (excludes halogenated alkanes) is 1. The van der Waals surface area contributed by atoms with Gasteiger partial charge in [0.1, 0.15) is 0 Å². The van der Waals surface area contributed by atoms with E-state index in [0.29, 0.717) is 18.6 Å². The van der Waals surface area contributed by atoms with E-state index in [0.717, 1.165) is 38.8 Å². The van der Waals surface area contributed by atoms with Crippen LogP contribution < -0.4 is 5.32 Å². The Balaban J connectivity index is 1.74. The van der Waals surface area contributed by atoms with Crippen LogP contribution in [0.3, 0.4) is 0 Å². The molecule has 134 valence electrons. The van der Waals surface area contributed by atoms with E-state index in [9.17, 15) is 4.79 Å². The molecule has 24 heavy (non-hydrogen) atoms. The summed E-state index contributed by atoms with van der Waals surface area (Å²) in [6.45, 7) is 9.08. The van der Waals surface area contributed by atoms with Gasteiger partial charge in [0.25, 0.3) is 0 Å². The lowest BCUT2D eigenvalue weighted by Gasteiger charge is -2.24. The lowest BCUT2D eigenvalue weighted by Crippen LogP contribution is -2.41. The minimum atomic E-state index is 0.0937. The molecule has 0 unspecified atom stereocenters. The molecule has 4 heteroatoms. The third kappa shape index (κ3) is 6.16. The van der Waals surface area contributed by atoms with E-state index in [1.165, 1.54) is 11.1 Å². The van der Waals surface area contributed by atoms with Crippen molar-refractivity contribution in [2.75, 3.05) is 20.1 Å². The van der Waals surface area contributed by atoms with Crippen molar-refractivity contribution in [2.24, 2.45) is 0 Å². The van der Waals surface area contributed by atoms with Gasteiger partial charge in [-0.3, -0.25) is 0 Å². The minimum absolute atomic E-state index is 0.0937.